The first-order valence-corrected chi connectivity index (χ1v) is 8.94. The Labute approximate surface area is 142 Å². The number of ether oxygens (including phenoxy) is 1. The molecule has 1 aromatic rings. The van der Waals surface area contributed by atoms with E-state index < -0.39 is 17.8 Å². The summed E-state index contributed by atoms with van der Waals surface area (Å²) in [6.45, 7) is 0.894. The zero-order chi connectivity index (χ0) is 17.7. The van der Waals surface area contributed by atoms with E-state index in [-0.39, 0.29) is 17.9 Å². The third kappa shape index (κ3) is 5.01. The molecular formula is C15H20F3N3O2S. The first kappa shape index (κ1) is 18.9. The Morgan fingerprint density at radius 2 is 2.29 bits per heavy atom. The summed E-state index contributed by atoms with van der Waals surface area (Å²) in [6.07, 6.45) is -0.799. The summed E-state index contributed by atoms with van der Waals surface area (Å²) in [7, 11) is 0. The van der Waals surface area contributed by atoms with E-state index in [1.54, 1.807) is 16.7 Å². The van der Waals surface area contributed by atoms with Crippen molar-refractivity contribution in [2.45, 2.75) is 31.2 Å². The van der Waals surface area contributed by atoms with Crippen molar-refractivity contribution >= 4 is 17.7 Å². The second kappa shape index (κ2) is 8.06. The van der Waals surface area contributed by atoms with Crippen LogP contribution in [0.3, 0.4) is 0 Å². The minimum Gasteiger partial charge on any atom is -0.472 e. The predicted molar refractivity (Wildman–Crippen MR) is 85.8 cm³/mol. The topological polar surface area (TPSA) is 68.5 Å². The SMILES string of the molecule is CSCC[C@@H](N)C(=O)N1CC[C@@H](Oc2ccc(C(F)(F)F)cn2)C1. The molecule has 2 atom stereocenters. The van der Waals surface area contributed by atoms with Crippen LogP contribution in [0.15, 0.2) is 18.3 Å². The van der Waals surface area contributed by atoms with Crippen molar-refractivity contribution in [3.05, 3.63) is 23.9 Å². The number of nitrogens with two attached hydrogens (primary N) is 1. The fraction of sp³-hybridized carbons (Fsp3) is 0.600. The lowest BCUT2D eigenvalue weighted by Gasteiger charge is -2.20. The maximum Gasteiger partial charge on any atom is 0.417 e. The Balaban J connectivity index is 1.86. The third-order valence-corrected chi connectivity index (χ3v) is 4.40. The molecule has 0 radical (unpaired) electrons. The Bertz CT molecular complexity index is 554. The van der Waals surface area contributed by atoms with Crippen molar-refractivity contribution in [2.24, 2.45) is 5.73 Å². The van der Waals surface area contributed by atoms with Gasteiger partial charge in [-0.25, -0.2) is 4.98 Å². The molecule has 1 amide bonds. The van der Waals surface area contributed by atoms with Crippen molar-refractivity contribution in [1.82, 2.24) is 9.88 Å². The number of thioether (sulfide) groups is 1. The van der Waals surface area contributed by atoms with Gasteiger partial charge in [0.25, 0.3) is 0 Å². The number of pyridine rings is 1. The van der Waals surface area contributed by atoms with E-state index in [0.29, 0.717) is 25.9 Å². The summed E-state index contributed by atoms with van der Waals surface area (Å²) in [4.78, 5) is 17.5. The second-order valence-corrected chi connectivity index (χ2v) is 6.57. The third-order valence-electron chi connectivity index (χ3n) is 3.76. The van der Waals surface area contributed by atoms with Crippen LogP contribution in [0.1, 0.15) is 18.4 Å². The number of amides is 1. The average molecular weight is 363 g/mol. The highest BCUT2D eigenvalue weighted by Crippen LogP contribution is 2.29. The molecule has 0 bridgehead atoms. The van der Waals surface area contributed by atoms with Gasteiger partial charge in [-0.3, -0.25) is 4.79 Å². The van der Waals surface area contributed by atoms with Crippen LogP contribution in [0.2, 0.25) is 0 Å². The molecule has 134 valence electrons. The van der Waals surface area contributed by atoms with Gasteiger partial charge in [0, 0.05) is 25.2 Å². The highest BCUT2D eigenvalue weighted by molar-refractivity contribution is 7.98. The van der Waals surface area contributed by atoms with Gasteiger partial charge in [-0.05, 0) is 24.5 Å². The fourth-order valence-electron chi connectivity index (χ4n) is 2.42. The fourth-order valence-corrected chi connectivity index (χ4v) is 2.91. The van der Waals surface area contributed by atoms with Crippen molar-refractivity contribution in [1.29, 1.82) is 0 Å². The van der Waals surface area contributed by atoms with Gasteiger partial charge in [0.2, 0.25) is 11.8 Å². The molecular weight excluding hydrogens is 343 g/mol. The van der Waals surface area contributed by atoms with Crippen LogP contribution in [-0.2, 0) is 11.0 Å². The van der Waals surface area contributed by atoms with E-state index in [4.69, 9.17) is 10.5 Å². The van der Waals surface area contributed by atoms with Crippen molar-refractivity contribution in [3.8, 4) is 5.88 Å². The number of likely N-dealkylation sites (tertiary alicyclic amines) is 1. The van der Waals surface area contributed by atoms with Crippen LogP contribution in [0.5, 0.6) is 5.88 Å². The van der Waals surface area contributed by atoms with Gasteiger partial charge >= 0.3 is 6.18 Å². The van der Waals surface area contributed by atoms with Crippen molar-refractivity contribution in [3.63, 3.8) is 0 Å². The molecule has 2 N–H and O–H groups in total. The highest BCUT2D eigenvalue weighted by atomic mass is 32.2. The van der Waals surface area contributed by atoms with Gasteiger partial charge in [0.05, 0.1) is 18.2 Å². The smallest absolute Gasteiger partial charge is 0.417 e. The molecule has 0 aliphatic carbocycles. The lowest BCUT2D eigenvalue weighted by atomic mass is 10.2. The molecule has 9 heteroatoms. The van der Waals surface area contributed by atoms with Gasteiger partial charge in [-0.2, -0.15) is 24.9 Å². The highest BCUT2D eigenvalue weighted by Gasteiger charge is 2.32. The molecule has 2 heterocycles. The summed E-state index contributed by atoms with van der Waals surface area (Å²) < 4.78 is 43.0. The molecule has 1 aliphatic heterocycles. The minimum atomic E-state index is -4.42. The van der Waals surface area contributed by atoms with E-state index in [0.717, 1.165) is 18.0 Å². The van der Waals surface area contributed by atoms with E-state index in [2.05, 4.69) is 4.98 Å². The molecule has 2 rings (SSSR count). The van der Waals surface area contributed by atoms with Gasteiger partial charge in [0.15, 0.2) is 0 Å². The number of nitrogens with zero attached hydrogens (tertiary/aromatic N) is 2. The summed E-state index contributed by atoms with van der Waals surface area (Å²) >= 11 is 1.63. The summed E-state index contributed by atoms with van der Waals surface area (Å²) in [5, 5.41) is 0. The minimum absolute atomic E-state index is 0.115. The monoisotopic (exact) mass is 363 g/mol. The summed E-state index contributed by atoms with van der Waals surface area (Å²) in [5.41, 5.74) is 5.05. The van der Waals surface area contributed by atoms with Crippen LogP contribution >= 0.6 is 11.8 Å². The molecule has 1 fully saturated rings. The number of hydrogen-bond donors (Lipinski definition) is 1. The van der Waals surface area contributed by atoms with Crippen LogP contribution in [0, 0.1) is 0 Å². The Hall–Kier alpha value is -1.48. The van der Waals surface area contributed by atoms with Crippen molar-refractivity contribution in [2.75, 3.05) is 25.1 Å². The van der Waals surface area contributed by atoms with Gasteiger partial charge in [-0.15, -0.1) is 0 Å². The zero-order valence-electron chi connectivity index (χ0n) is 13.3. The zero-order valence-corrected chi connectivity index (χ0v) is 14.1. The van der Waals surface area contributed by atoms with Crippen LogP contribution in [0.4, 0.5) is 13.2 Å². The molecule has 5 nitrogen and oxygen atoms in total. The maximum absolute atomic E-state index is 12.5. The number of rotatable bonds is 6. The van der Waals surface area contributed by atoms with Crippen LogP contribution in [0.25, 0.3) is 0 Å². The number of carbonyl (C=O) groups excluding carboxylic acids is 1. The van der Waals surface area contributed by atoms with Gasteiger partial charge < -0.3 is 15.4 Å². The standard InChI is InChI=1S/C15H20F3N3O2S/c1-24-7-5-12(19)14(22)21-6-4-11(9-21)23-13-3-2-10(8-20-13)15(16,17)18/h2-3,8,11-12H,4-7,9,19H2,1H3/t11-,12-/m1/s1. The number of hydrogen-bond acceptors (Lipinski definition) is 5. The molecule has 1 aromatic heterocycles. The number of alkyl halides is 3. The van der Waals surface area contributed by atoms with Crippen LogP contribution < -0.4 is 10.5 Å². The second-order valence-electron chi connectivity index (χ2n) is 5.58. The van der Waals surface area contributed by atoms with Gasteiger partial charge in [-0.1, -0.05) is 0 Å². The quantitative estimate of drug-likeness (QED) is 0.839. The Kier molecular flexibility index (Phi) is 6.34. The van der Waals surface area contributed by atoms with Crippen molar-refractivity contribution < 1.29 is 22.7 Å². The molecule has 1 saturated heterocycles. The lowest BCUT2D eigenvalue weighted by molar-refractivity contribution is -0.138. The van der Waals surface area contributed by atoms with E-state index in [1.165, 1.54) is 6.07 Å². The largest absolute Gasteiger partial charge is 0.472 e. The van der Waals surface area contributed by atoms with Gasteiger partial charge in [0.1, 0.15) is 6.10 Å². The lowest BCUT2D eigenvalue weighted by Crippen LogP contribution is -2.43. The predicted octanol–water partition coefficient (Wildman–Crippen LogP) is 2.16. The Morgan fingerprint density at radius 3 is 2.88 bits per heavy atom. The molecule has 0 saturated carbocycles. The first-order valence-electron chi connectivity index (χ1n) is 7.54. The molecule has 0 spiro atoms. The maximum atomic E-state index is 12.5. The number of carbonyl (C=O) groups is 1. The molecule has 1 aliphatic rings. The molecule has 0 aromatic carbocycles. The average Bonchev–Trinajstić information content (AvgIpc) is 3.00. The first-order chi connectivity index (χ1) is 11.3. The normalized spacial score (nSPS) is 19.4. The summed E-state index contributed by atoms with van der Waals surface area (Å²) in [6, 6.07) is 1.59. The Morgan fingerprint density at radius 1 is 1.54 bits per heavy atom. The number of halogens is 3. The van der Waals surface area contributed by atoms with E-state index >= 15 is 0 Å². The van der Waals surface area contributed by atoms with Crippen LogP contribution in [-0.4, -0.2) is 53.0 Å². The van der Waals surface area contributed by atoms with E-state index in [1.807, 2.05) is 6.26 Å². The molecule has 0 unspecified atom stereocenters. The van der Waals surface area contributed by atoms with E-state index in [9.17, 15) is 18.0 Å². The summed E-state index contributed by atoms with van der Waals surface area (Å²) in [5.74, 6) is 0.820. The molecule has 24 heavy (non-hydrogen) atoms. The number of aromatic nitrogens is 1.